The lowest BCUT2D eigenvalue weighted by Crippen LogP contribution is -2.05. The van der Waals surface area contributed by atoms with Crippen molar-refractivity contribution in [2.24, 2.45) is 0 Å². The number of ether oxygens (including phenoxy) is 4. The van der Waals surface area contributed by atoms with E-state index in [4.69, 9.17) is 18.9 Å². The van der Waals surface area contributed by atoms with Gasteiger partial charge in [0, 0.05) is 18.6 Å². The van der Waals surface area contributed by atoms with Gasteiger partial charge >= 0.3 is 0 Å². The lowest BCUT2D eigenvalue weighted by atomic mass is 10.2. The summed E-state index contributed by atoms with van der Waals surface area (Å²) < 4.78 is 23.4. The van der Waals surface area contributed by atoms with Crippen molar-refractivity contribution in [2.45, 2.75) is 19.6 Å². The average molecular weight is 441 g/mol. The fraction of sp³-hybridized carbons (Fsp3) is 0.172. The molecule has 4 nitrogen and oxygen atoms in total. The molecule has 0 unspecified atom stereocenters. The van der Waals surface area contributed by atoms with E-state index in [0.29, 0.717) is 26.4 Å². The Morgan fingerprint density at radius 2 is 0.788 bits per heavy atom. The maximum Gasteiger partial charge on any atom is 0.123 e. The van der Waals surface area contributed by atoms with Crippen LogP contribution in [0.2, 0.25) is 0 Å². The molecule has 0 amide bonds. The lowest BCUT2D eigenvalue weighted by Gasteiger charge is -2.11. The van der Waals surface area contributed by atoms with Crippen LogP contribution in [0.3, 0.4) is 0 Å². The predicted octanol–water partition coefficient (Wildman–Crippen LogP) is 6.69. The highest BCUT2D eigenvalue weighted by Crippen LogP contribution is 2.22. The van der Waals surface area contributed by atoms with E-state index in [1.54, 1.807) is 0 Å². The molecule has 0 saturated heterocycles. The van der Waals surface area contributed by atoms with Crippen LogP contribution in [0.4, 0.5) is 0 Å². The summed E-state index contributed by atoms with van der Waals surface area (Å²) >= 11 is 0. The molecule has 33 heavy (non-hydrogen) atoms. The first kappa shape index (κ1) is 22.3. The summed E-state index contributed by atoms with van der Waals surface area (Å²) in [5, 5.41) is 0. The molecule has 0 aliphatic rings. The van der Waals surface area contributed by atoms with Gasteiger partial charge in [-0.1, -0.05) is 72.8 Å². The average Bonchev–Trinajstić information content (AvgIpc) is 2.88. The Balaban J connectivity index is 1.16. The Bertz CT molecular complexity index is 1010. The smallest absolute Gasteiger partial charge is 0.123 e. The van der Waals surface area contributed by atoms with Gasteiger partial charge in [0.05, 0.1) is 13.2 Å². The fourth-order valence-electron chi connectivity index (χ4n) is 3.23. The van der Waals surface area contributed by atoms with Crippen molar-refractivity contribution in [3.05, 3.63) is 120 Å². The van der Waals surface area contributed by atoms with Gasteiger partial charge in [-0.3, -0.25) is 0 Å². The highest BCUT2D eigenvalue weighted by molar-refractivity contribution is 5.34. The van der Waals surface area contributed by atoms with Gasteiger partial charge in [-0.15, -0.1) is 0 Å². The molecule has 0 bridgehead atoms. The minimum Gasteiger partial charge on any atom is -0.493 e. The summed E-state index contributed by atoms with van der Waals surface area (Å²) in [5.41, 5.74) is 2.27. The maximum atomic E-state index is 5.86. The van der Waals surface area contributed by atoms with Gasteiger partial charge in [-0.05, 0) is 35.4 Å². The third kappa shape index (κ3) is 7.62. The van der Waals surface area contributed by atoms with E-state index in [2.05, 4.69) is 0 Å². The summed E-state index contributed by atoms with van der Waals surface area (Å²) in [6.45, 7) is 2.19. The van der Waals surface area contributed by atoms with E-state index in [1.807, 2.05) is 109 Å². The number of rotatable bonds is 12. The fourth-order valence-corrected chi connectivity index (χ4v) is 3.23. The minimum atomic E-state index is 0.534. The number of hydrogen-bond acceptors (Lipinski definition) is 4. The molecule has 0 fully saturated rings. The highest BCUT2D eigenvalue weighted by atomic mass is 16.5. The molecular weight excluding hydrogens is 412 g/mol. The summed E-state index contributed by atoms with van der Waals surface area (Å²) in [6, 6.07) is 35.7. The van der Waals surface area contributed by atoms with Crippen LogP contribution in [0, 0.1) is 0 Å². The molecule has 0 radical (unpaired) electrons. The zero-order valence-electron chi connectivity index (χ0n) is 18.6. The molecule has 0 N–H and O–H groups in total. The van der Waals surface area contributed by atoms with Crippen molar-refractivity contribution in [1.82, 2.24) is 0 Å². The number of hydrogen-bond donors (Lipinski definition) is 0. The standard InChI is InChI=1S/C29H28O4/c1-3-10-24(11-4-1)22-32-28-16-7-14-26(20-28)30-18-9-19-31-27-15-8-17-29(21-27)33-23-25-12-5-2-6-13-25/h1-8,10-17,20-21H,9,18-19,22-23H2. The van der Waals surface area contributed by atoms with Crippen LogP contribution in [0.1, 0.15) is 17.5 Å². The summed E-state index contributed by atoms with van der Waals surface area (Å²) in [6.07, 6.45) is 0.768. The lowest BCUT2D eigenvalue weighted by molar-refractivity contribution is 0.244. The second kappa shape index (κ2) is 12.2. The minimum absolute atomic E-state index is 0.534. The van der Waals surface area contributed by atoms with E-state index < -0.39 is 0 Å². The molecular formula is C29H28O4. The quantitative estimate of drug-likeness (QED) is 0.230. The molecule has 4 rings (SSSR count). The first-order chi connectivity index (χ1) is 16.3. The first-order valence-corrected chi connectivity index (χ1v) is 11.1. The monoisotopic (exact) mass is 440 g/mol. The van der Waals surface area contributed by atoms with Crippen LogP contribution < -0.4 is 18.9 Å². The summed E-state index contributed by atoms with van der Waals surface area (Å²) in [4.78, 5) is 0. The van der Waals surface area contributed by atoms with Crippen LogP contribution in [0.15, 0.2) is 109 Å². The molecule has 0 aliphatic heterocycles. The Hall–Kier alpha value is -3.92. The zero-order chi connectivity index (χ0) is 22.6. The molecule has 0 aliphatic carbocycles. The van der Waals surface area contributed by atoms with Crippen LogP contribution in [-0.4, -0.2) is 13.2 Å². The zero-order valence-corrected chi connectivity index (χ0v) is 18.6. The summed E-state index contributed by atoms with van der Waals surface area (Å²) in [7, 11) is 0. The number of benzene rings is 4. The van der Waals surface area contributed by atoms with Crippen molar-refractivity contribution < 1.29 is 18.9 Å². The van der Waals surface area contributed by atoms with Gasteiger partial charge in [-0.25, -0.2) is 0 Å². The first-order valence-electron chi connectivity index (χ1n) is 11.1. The molecule has 0 heterocycles. The Kier molecular flexibility index (Phi) is 8.24. The topological polar surface area (TPSA) is 36.9 Å². The largest absolute Gasteiger partial charge is 0.493 e. The third-order valence-electron chi connectivity index (χ3n) is 4.93. The van der Waals surface area contributed by atoms with Gasteiger partial charge in [-0.2, -0.15) is 0 Å². The molecule has 4 heteroatoms. The molecule has 0 aromatic heterocycles. The van der Waals surface area contributed by atoms with E-state index in [-0.39, 0.29) is 0 Å². The van der Waals surface area contributed by atoms with Gasteiger partial charge in [0.1, 0.15) is 36.2 Å². The Morgan fingerprint density at radius 1 is 0.394 bits per heavy atom. The second-order valence-corrected chi connectivity index (χ2v) is 7.55. The molecule has 4 aromatic rings. The van der Waals surface area contributed by atoms with Gasteiger partial charge in [0.2, 0.25) is 0 Å². The molecule has 0 saturated carbocycles. The van der Waals surface area contributed by atoms with Crippen molar-refractivity contribution in [1.29, 1.82) is 0 Å². The SMILES string of the molecule is c1ccc(COc2cccc(OCCCOc3cccc(OCc4ccccc4)c3)c2)cc1. The van der Waals surface area contributed by atoms with Gasteiger partial charge < -0.3 is 18.9 Å². The Labute approximate surface area is 195 Å². The molecule has 0 spiro atoms. The Morgan fingerprint density at radius 3 is 1.21 bits per heavy atom. The predicted molar refractivity (Wildman–Crippen MR) is 130 cm³/mol. The van der Waals surface area contributed by atoms with Crippen LogP contribution in [0.25, 0.3) is 0 Å². The van der Waals surface area contributed by atoms with Crippen molar-refractivity contribution in [3.63, 3.8) is 0 Å². The van der Waals surface area contributed by atoms with Gasteiger partial charge in [0.15, 0.2) is 0 Å². The van der Waals surface area contributed by atoms with E-state index >= 15 is 0 Å². The van der Waals surface area contributed by atoms with Crippen molar-refractivity contribution in [3.8, 4) is 23.0 Å². The van der Waals surface area contributed by atoms with Crippen molar-refractivity contribution >= 4 is 0 Å². The van der Waals surface area contributed by atoms with E-state index in [9.17, 15) is 0 Å². The second-order valence-electron chi connectivity index (χ2n) is 7.55. The normalized spacial score (nSPS) is 10.4. The van der Waals surface area contributed by atoms with E-state index in [1.165, 1.54) is 0 Å². The maximum absolute atomic E-state index is 5.86. The summed E-state index contributed by atoms with van der Waals surface area (Å²) in [5.74, 6) is 3.16. The van der Waals surface area contributed by atoms with E-state index in [0.717, 1.165) is 40.5 Å². The third-order valence-corrected chi connectivity index (χ3v) is 4.93. The van der Waals surface area contributed by atoms with Crippen molar-refractivity contribution in [2.75, 3.05) is 13.2 Å². The van der Waals surface area contributed by atoms with Gasteiger partial charge in [0.25, 0.3) is 0 Å². The van der Waals surface area contributed by atoms with Crippen LogP contribution >= 0.6 is 0 Å². The molecule has 0 atom stereocenters. The van der Waals surface area contributed by atoms with Crippen LogP contribution in [-0.2, 0) is 13.2 Å². The molecule has 4 aromatic carbocycles. The van der Waals surface area contributed by atoms with Crippen LogP contribution in [0.5, 0.6) is 23.0 Å². The highest BCUT2D eigenvalue weighted by Gasteiger charge is 2.02. The molecule has 168 valence electrons.